The Bertz CT molecular complexity index is 420. The molecule has 0 radical (unpaired) electrons. The molecule has 0 bridgehead atoms. The molecule has 81 valence electrons. The Balaban J connectivity index is 0.00000112. The standard InChI is InChI=1S/C12H10O.2ClH.Ti/c13-12-8-4-7-11(9-12)10-5-2-1-3-6-10;;;/h1-9,13H;2*1H;/q;;;+3/p-3. The summed E-state index contributed by atoms with van der Waals surface area (Å²) in [5, 5.41) is 0. The van der Waals surface area contributed by atoms with Crippen LogP contribution in [0.3, 0.4) is 0 Å². The Kier molecular flexibility index (Phi) is 7.52. The van der Waals surface area contributed by atoms with Crippen molar-refractivity contribution in [3.05, 3.63) is 54.6 Å². The Morgan fingerprint density at radius 2 is 1.38 bits per heavy atom. The number of halogens is 2. The van der Waals surface area contributed by atoms with E-state index in [9.17, 15) is 0 Å². The van der Waals surface area contributed by atoms with Crippen LogP contribution in [0.5, 0.6) is 5.75 Å². The molecule has 0 atom stereocenters. The van der Waals surface area contributed by atoms with Gasteiger partial charge in [0.15, 0.2) is 0 Å². The summed E-state index contributed by atoms with van der Waals surface area (Å²) >= 11 is 1.68. The van der Waals surface area contributed by atoms with Gasteiger partial charge >= 0.3 is 95.6 Å². The van der Waals surface area contributed by atoms with Gasteiger partial charge in [-0.2, -0.15) is 0 Å². The second-order valence-electron chi connectivity index (χ2n) is 3.00. The molecule has 16 heavy (non-hydrogen) atoms. The third-order valence-electron chi connectivity index (χ3n) is 2.06. The molecule has 0 aliphatic rings. The van der Waals surface area contributed by atoms with Gasteiger partial charge in [-0.3, -0.25) is 0 Å². The van der Waals surface area contributed by atoms with Gasteiger partial charge in [-0.05, 0) is 0 Å². The van der Waals surface area contributed by atoms with E-state index in [0.717, 1.165) is 5.75 Å². The molecule has 0 N–H and O–H groups in total. The van der Waals surface area contributed by atoms with E-state index in [1.165, 1.54) is 11.1 Å². The van der Waals surface area contributed by atoms with E-state index in [0.29, 0.717) is 0 Å². The van der Waals surface area contributed by atoms with E-state index in [2.05, 4.69) is 18.2 Å². The van der Waals surface area contributed by atoms with Crippen LogP contribution in [0.2, 0.25) is 0 Å². The molecule has 0 saturated heterocycles. The van der Waals surface area contributed by atoms with E-state index in [1.54, 1.807) is 20.8 Å². The van der Waals surface area contributed by atoms with Crippen LogP contribution in [0.1, 0.15) is 0 Å². The van der Waals surface area contributed by atoms with Gasteiger partial charge < -0.3 is 24.8 Å². The van der Waals surface area contributed by atoms with Gasteiger partial charge in [0.05, 0.1) is 0 Å². The summed E-state index contributed by atoms with van der Waals surface area (Å²) in [7, 11) is 0. The Morgan fingerprint density at radius 1 is 0.750 bits per heavy atom. The molecule has 4 heteroatoms. The molecule has 0 aliphatic carbocycles. The summed E-state index contributed by atoms with van der Waals surface area (Å²) in [6.07, 6.45) is 0. The summed E-state index contributed by atoms with van der Waals surface area (Å²) in [6.45, 7) is 0. The maximum atomic E-state index is 5.18. The SMILES string of the molecule is [Cl-].[Cl-].[Ti+2][O]c1cccc(-c2ccccc2)c1. The van der Waals surface area contributed by atoms with Crippen molar-refractivity contribution in [1.29, 1.82) is 0 Å². The van der Waals surface area contributed by atoms with Crippen LogP contribution in [-0.4, -0.2) is 0 Å². The number of hydrogen-bond donors (Lipinski definition) is 0. The first-order valence-corrected chi connectivity index (χ1v) is 5.03. The van der Waals surface area contributed by atoms with E-state index in [-0.39, 0.29) is 24.8 Å². The van der Waals surface area contributed by atoms with E-state index >= 15 is 0 Å². The second kappa shape index (κ2) is 7.75. The summed E-state index contributed by atoms with van der Waals surface area (Å²) in [5.41, 5.74) is 2.40. The summed E-state index contributed by atoms with van der Waals surface area (Å²) in [5.74, 6) is 0.895. The van der Waals surface area contributed by atoms with Gasteiger partial charge in [-0.25, -0.2) is 0 Å². The van der Waals surface area contributed by atoms with Gasteiger partial charge in [0, 0.05) is 0 Å². The van der Waals surface area contributed by atoms with Crippen LogP contribution in [-0.2, 0) is 20.8 Å². The van der Waals surface area contributed by atoms with Crippen molar-refractivity contribution in [3.63, 3.8) is 0 Å². The molecular weight excluding hydrogens is 279 g/mol. The number of hydrogen-bond acceptors (Lipinski definition) is 1. The summed E-state index contributed by atoms with van der Waals surface area (Å²) in [4.78, 5) is 0. The van der Waals surface area contributed by atoms with Crippen LogP contribution >= 0.6 is 0 Å². The summed E-state index contributed by atoms with van der Waals surface area (Å²) in [6, 6.07) is 18.3. The Labute approximate surface area is 120 Å². The van der Waals surface area contributed by atoms with Crippen molar-refractivity contribution in [2.45, 2.75) is 0 Å². The second-order valence-corrected chi connectivity index (χ2v) is 3.31. The molecule has 0 fully saturated rings. The minimum absolute atomic E-state index is 0. The molecule has 0 heterocycles. The fourth-order valence-electron chi connectivity index (χ4n) is 1.37. The predicted molar refractivity (Wildman–Crippen MR) is 52.5 cm³/mol. The monoisotopic (exact) mass is 287 g/mol. The minimum atomic E-state index is 0. The van der Waals surface area contributed by atoms with Crippen molar-refractivity contribution in [2.24, 2.45) is 0 Å². The molecule has 0 aromatic heterocycles. The van der Waals surface area contributed by atoms with Crippen LogP contribution in [0, 0.1) is 0 Å². The zero-order valence-electron chi connectivity index (χ0n) is 8.36. The average molecular weight is 288 g/mol. The fourth-order valence-corrected chi connectivity index (χ4v) is 1.57. The van der Waals surface area contributed by atoms with Gasteiger partial charge in [0.25, 0.3) is 0 Å². The number of benzene rings is 2. The molecule has 0 aliphatic heterocycles. The quantitative estimate of drug-likeness (QED) is 0.543. The van der Waals surface area contributed by atoms with Gasteiger partial charge in [0.1, 0.15) is 0 Å². The van der Waals surface area contributed by atoms with E-state index < -0.39 is 0 Å². The van der Waals surface area contributed by atoms with Crippen molar-refractivity contribution in [3.8, 4) is 16.9 Å². The topological polar surface area (TPSA) is 9.23 Å². The molecule has 2 aromatic rings. The average Bonchev–Trinajstić information content (AvgIpc) is 2.30. The fraction of sp³-hybridized carbons (Fsp3) is 0. The van der Waals surface area contributed by atoms with Gasteiger partial charge in [0.2, 0.25) is 0 Å². The van der Waals surface area contributed by atoms with Crippen LogP contribution in [0.25, 0.3) is 11.1 Å². The zero-order chi connectivity index (χ0) is 9.80. The van der Waals surface area contributed by atoms with Gasteiger partial charge in [-0.1, -0.05) is 0 Å². The molecule has 0 saturated carbocycles. The van der Waals surface area contributed by atoms with Gasteiger partial charge in [-0.15, -0.1) is 0 Å². The Morgan fingerprint density at radius 3 is 2.00 bits per heavy atom. The first-order valence-electron chi connectivity index (χ1n) is 4.39. The molecule has 0 amide bonds. The van der Waals surface area contributed by atoms with Crippen molar-refractivity contribution in [2.75, 3.05) is 0 Å². The van der Waals surface area contributed by atoms with Crippen molar-refractivity contribution in [1.82, 2.24) is 0 Å². The molecule has 2 rings (SSSR count). The van der Waals surface area contributed by atoms with E-state index in [4.69, 9.17) is 3.32 Å². The molecule has 2 aromatic carbocycles. The first-order chi connectivity index (χ1) is 6.90. The zero-order valence-corrected chi connectivity index (χ0v) is 11.4. The Hall–Kier alpha value is -0.466. The molecular formula is C12H9Cl2OTi. The van der Waals surface area contributed by atoms with Crippen LogP contribution in [0.15, 0.2) is 54.6 Å². The van der Waals surface area contributed by atoms with Crippen molar-refractivity contribution >= 4 is 0 Å². The third kappa shape index (κ3) is 3.84. The molecule has 0 unspecified atom stereocenters. The predicted octanol–water partition coefficient (Wildman–Crippen LogP) is -2.80. The third-order valence-corrected chi connectivity index (χ3v) is 2.43. The molecule has 1 nitrogen and oxygen atoms in total. The van der Waals surface area contributed by atoms with Crippen LogP contribution < -0.4 is 28.1 Å². The van der Waals surface area contributed by atoms with Crippen LogP contribution in [0.4, 0.5) is 0 Å². The molecule has 0 spiro atoms. The van der Waals surface area contributed by atoms with E-state index in [1.807, 2.05) is 36.4 Å². The normalized spacial score (nSPS) is 8.62. The summed E-state index contributed by atoms with van der Waals surface area (Å²) < 4.78 is 5.18. The maximum absolute atomic E-state index is 5.18. The first kappa shape index (κ1) is 15.5. The van der Waals surface area contributed by atoms with Crippen molar-refractivity contribution < 1.29 is 49.0 Å². The number of rotatable bonds is 2.